The minimum Gasteiger partial charge on any atom is -0.401 e. The van der Waals surface area contributed by atoms with Crippen molar-refractivity contribution >= 4 is 27.6 Å². The summed E-state index contributed by atoms with van der Waals surface area (Å²) in [5.41, 5.74) is 13.4. The molecule has 3 heterocycles. The predicted molar refractivity (Wildman–Crippen MR) is 159 cm³/mol. The lowest BCUT2D eigenvalue weighted by Crippen LogP contribution is -2.26. The summed E-state index contributed by atoms with van der Waals surface area (Å²) in [7, 11) is 1.81. The fourth-order valence-corrected chi connectivity index (χ4v) is 5.22. The molecular weight excluding hydrogens is 470 g/mol. The lowest BCUT2D eigenvalue weighted by atomic mass is 10.00. The number of hydrogen-bond donors (Lipinski definition) is 2. The Morgan fingerprint density at radius 1 is 1.05 bits per heavy atom. The molecule has 0 radical (unpaired) electrons. The number of rotatable bonds is 7. The van der Waals surface area contributed by atoms with Gasteiger partial charge in [0, 0.05) is 49.6 Å². The van der Waals surface area contributed by atoms with E-state index in [1.165, 1.54) is 22.9 Å². The van der Waals surface area contributed by atoms with Crippen LogP contribution in [0.15, 0.2) is 72.6 Å². The quantitative estimate of drug-likeness (QED) is 0.222. The number of hydrazine groups is 1. The largest absolute Gasteiger partial charge is 0.401 e. The first-order chi connectivity index (χ1) is 18.3. The zero-order chi connectivity index (χ0) is 27.1. The van der Waals surface area contributed by atoms with Crippen molar-refractivity contribution in [1.29, 1.82) is 0 Å². The van der Waals surface area contributed by atoms with E-state index in [2.05, 4.69) is 42.7 Å². The van der Waals surface area contributed by atoms with E-state index in [-0.39, 0.29) is 0 Å². The number of nitrogens with two attached hydrogens (primary N) is 2. The first kappa shape index (κ1) is 27.7. The summed E-state index contributed by atoms with van der Waals surface area (Å²) in [6.07, 6.45) is 6.38. The maximum atomic E-state index is 6.16. The summed E-state index contributed by atoms with van der Waals surface area (Å²) in [5, 5.41) is 2.81. The zero-order valence-corrected chi connectivity index (χ0v) is 23.4. The summed E-state index contributed by atoms with van der Waals surface area (Å²) in [4.78, 5) is 4.93. The van der Waals surface area contributed by atoms with E-state index in [9.17, 15) is 0 Å². The van der Waals surface area contributed by atoms with Crippen LogP contribution in [0.5, 0.6) is 0 Å². The van der Waals surface area contributed by atoms with Gasteiger partial charge in [0.25, 0.3) is 0 Å². The van der Waals surface area contributed by atoms with E-state index in [0.717, 1.165) is 61.3 Å². The second-order valence-electron chi connectivity index (χ2n) is 10.8. The minimum absolute atomic E-state index is 0.607. The molecule has 2 aromatic carbocycles. The fraction of sp³-hybridized carbons (Fsp3) is 0.406. The van der Waals surface area contributed by atoms with Crippen molar-refractivity contribution in [3.8, 4) is 0 Å². The van der Waals surface area contributed by atoms with E-state index >= 15 is 0 Å². The van der Waals surface area contributed by atoms with Gasteiger partial charge in [0.05, 0.1) is 22.2 Å². The van der Waals surface area contributed by atoms with E-state index in [1.807, 2.05) is 56.6 Å². The number of hydrogen-bond acceptors (Lipinski definition) is 5. The molecule has 6 nitrogen and oxygen atoms in total. The zero-order valence-electron chi connectivity index (χ0n) is 23.4. The van der Waals surface area contributed by atoms with Crippen LogP contribution in [0.25, 0.3) is 27.6 Å². The smallest absolute Gasteiger partial charge is 0.0960 e. The number of fused-ring (bicyclic) bond motifs is 3. The van der Waals surface area contributed by atoms with Crippen LogP contribution in [0.3, 0.4) is 0 Å². The van der Waals surface area contributed by atoms with Gasteiger partial charge in [-0.2, -0.15) is 0 Å². The maximum Gasteiger partial charge on any atom is 0.0960 e. The highest BCUT2D eigenvalue weighted by Gasteiger charge is 2.20. The van der Waals surface area contributed by atoms with Crippen molar-refractivity contribution in [2.45, 2.75) is 53.0 Å². The average Bonchev–Trinajstić information content (AvgIpc) is 3.21. The molecule has 0 amide bonds. The summed E-state index contributed by atoms with van der Waals surface area (Å²) in [6, 6.07) is 21.1. The molecule has 4 N–H and O–H groups in total. The third-order valence-electron chi connectivity index (χ3n) is 7.22. The van der Waals surface area contributed by atoms with Crippen LogP contribution in [0.2, 0.25) is 0 Å². The summed E-state index contributed by atoms with van der Waals surface area (Å²) >= 11 is 0. The topological polar surface area (TPSA) is 82.3 Å². The van der Waals surface area contributed by atoms with Crippen LogP contribution in [0.1, 0.15) is 51.2 Å². The number of aromatic nitrogens is 2. The highest BCUT2D eigenvalue weighted by Crippen LogP contribution is 2.33. The van der Waals surface area contributed by atoms with Gasteiger partial charge >= 0.3 is 0 Å². The highest BCUT2D eigenvalue weighted by atomic mass is 16.5. The fourth-order valence-electron chi connectivity index (χ4n) is 5.22. The molecular formula is C32H43N5O. The number of nitrogens with zero attached hydrogens (tertiary/aromatic N) is 3. The van der Waals surface area contributed by atoms with Gasteiger partial charge in [0.2, 0.25) is 0 Å². The Morgan fingerprint density at radius 2 is 1.71 bits per heavy atom. The summed E-state index contributed by atoms with van der Waals surface area (Å²) < 4.78 is 8.05. The molecule has 1 fully saturated rings. The third kappa shape index (κ3) is 6.74. The van der Waals surface area contributed by atoms with Gasteiger partial charge in [-0.3, -0.25) is 4.98 Å². The monoisotopic (exact) mass is 513 g/mol. The molecule has 202 valence electrons. The Kier molecular flexibility index (Phi) is 9.43. The van der Waals surface area contributed by atoms with Crippen molar-refractivity contribution in [3.05, 3.63) is 83.7 Å². The van der Waals surface area contributed by atoms with E-state index in [0.29, 0.717) is 17.5 Å². The minimum atomic E-state index is 0.607. The van der Waals surface area contributed by atoms with E-state index < -0.39 is 0 Å². The number of ether oxygens (including phenoxy) is 1. The molecule has 4 aromatic rings. The average molecular weight is 514 g/mol. The first-order valence-electron chi connectivity index (χ1n) is 13.8. The van der Waals surface area contributed by atoms with Crippen LogP contribution < -0.4 is 11.6 Å². The van der Waals surface area contributed by atoms with E-state index in [4.69, 9.17) is 21.3 Å². The van der Waals surface area contributed by atoms with Gasteiger partial charge in [0.1, 0.15) is 0 Å². The lowest BCUT2D eigenvalue weighted by Gasteiger charge is -2.23. The van der Waals surface area contributed by atoms with Crippen molar-refractivity contribution < 1.29 is 4.74 Å². The molecule has 2 aromatic heterocycles. The Morgan fingerprint density at radius 3 is 2.29 bits per heavy atom. The first-order valence-corrected chi connectivity index (χ1v) is 13.8. The number of benzene rings is 2. The molecule has 0 unspecified atom stereocenters. The van der Waals surface area contributed by atoms with Gasteiger partial charge in [-0.15, -0.1) is 0 Å². The Bertz CT molecular complexity index is 1320. The molecule has 1 saturated heterocycles. The summed E-state index contributed by atoms with van der Waals surface area (Å²) in [6.45, 7) is 9.10. The van der Waals surface area contributed by atoms with Gasteiger partial charge in [0.15, 0.2) is 0 Å². The number of aryl methyl sites for hydroxylation is 1. The second kappa shape index (κ2) is 12.9. The summed E-state index contributed by atoms with van der Waals surface area (Å²) in [5.74, 6) is 7.40. The molecule has 0 bridgehead atoms. The van der Waals surface area contributed by atoms with Crippen LogP contribution in [0.4, 0.5) is 0 Å². The highest BCUT2D eigenvalue weighted by molar-refractivity contribution is 6.06. The molecule has 5 rings (SSSR count). The number of pyridine rings is 1. The SMILES string of the molecule is C/C(N)=C(\c1cnc2c3cc(CCC(C)C)ccc3n(CC3CCOCC3)c2c1)N(C)N.c1ccccc1. The van der Waals surface area contributed by atoms with Gasteiger partial charge in [-0.1, -0.05) is 56.3 Å². The normalized spacial score (nSPS) is 14.9. The molecule has 38 heavy (non-hydrogen) atoms. The van der Waals surface area contributed by atoms with Gasteiger partial charge in [-0.05, 0) is 68.2 Å². The second-order valence-corrected chi connectivity index (χ2v) is 10.8. The van der Waals surface area contributed by atoms with Crippen LogP contribution in [0, 0.1) is 11.8 Å². The molecule has 1 aliphatic rings. The van der Waals surface area contributed by atoms with Crippen LogP contribution in [-0.2, 0) is 17.7 Å². The molecule has 6 heteroatoms. The van der Waals surface area contributed by atoms with Crippen molar-refractivity contribution in [2.75, 3.05) is 20.3 Å². The van der Waals surface area contributed by atoms with Crippen molar-refractivity contribution in [3.63, 3.8) is 0 Å². The van der Waals surface area contributed by atoms with E-state index in [1.54, 1.807) is 5.01 Å². The molecule has 0 atom stereocenters. The van der Waals surface area contributed by atoms with Crippen LogP contribution in [-0.4, -0.2) is 34.8 Å². The molecule has 0 saturated carbocycles. The van der Waals surface area contributed by atoms with Gasteiger partial charge in [-0.25, -0.2) is 5.84 Å². The molecule has 1 aliphatic heterocycles. The Labute approximate surface area is 227 Å². The van der Waals surface area contributed by atoms with Crippen LogP contribution >= 0.6 is 0 Å². The van der Waals surface area contributed by atoms with Gasteiger partial charge < -0.3 is 20.0 Å². The number of allylic oxidation sites excluding steroid dienone is 1. The standard InChI is InChI=1S/C26H37N5O.C6H6/c1-17(2)5-6-19-7-8-23-22(13-19)25-24(31(23)16-20-9-11-32-12-10-20)14-21(15-29-25)26(18(3)27)30(4)28;1-2-4-6-5-3-1/h7-8,13-15,17,20H,5-6,9-12,16,27-28H2,1-4H3;1-6H/b26-18-;. The van der Waals surface area contributed by atoms with Crippen molar-refractivity contribution in [1.82, 2.24) is 14.6 Å². The maximum absolute atomic E-state index is 6.16. The molecule has 0 spiro atoms. The Balaban J connectivity index is 0.000000494. The van der Waals surface area contributed by atoms with Crippen molar-refractivity contribution in [2.24, 2.45) is 23.4 Å². The Hall–Kier alpha value is -3.35. The predicted octanol–water partition coefficient (Wildman–Crippen LogP) is 6.34. The lowest BCUT2D eigenvalue weighted by molar-refractivity contribution is 0.0620. The molecule has 0 aliphatic carbocycles. The third-order valence-corrected chi connectivity index (χ3v) is 7.22.